The summed E-state index contributed by atoms with van der Waals surface area (Å²) >= 11 is 0. The number of likely N-dealkylation sites (tertiary alicyclic amines) is 1. The van der Waals surface area contributed by atoms with E-state index in [1.165, 1.54) is 5.56 Å². The van der Waals surface area contributed by atoms with Gasteiger partial charge in [0, 0.05) is 24.6 Å². The van der Waals surface area contributed by atoms with Crippen LogP contribution < -0.4 is 0 Å². The summed E-state index contributed by atoms with van der Waals surface area (Å²) in [4.78, 5) is 13.2. The molecule has 0 spiro atoms. The van der Waals surface area contributed by atoms with E-state index in [2.05, 4.69) is 22.2 Å². The number of hydrogen-bond donors (Lipinski definition) is 1. The minimum Gasteiger partial charge on any atom is -0.481 e. The highest BCUT2D eigenvalue weighted by molar-refractivity contribution is 5.67. The third kappa shape index (κ3) is 3.54. The molecule has 22 heavy (non-hydrogen) atoms. The van der Waals surface area contributed by atoms with Gasteiger partial charge in [-0.2, -0.15) is 0 Å². The van der Waals surface area contributed by atoms with Crippen molar-refractivity contribution in [1.82, 2.24) is 10.1 Å². The summed E-state index contributed by atoms with van der Waals surface area (Å²) in [5.74, 6) is -0.730. The fraction of sp³-hybridized carbons (Fsp3) is 0.412. The summed E-state index contributed by atoms with van der Waals surface area (Å²) < 4.78 is 5.15. The van der Waals surface area contributed by atoms with Crippen molar-refractivity contribution in [3.05, 3.63) is 53.4 Å². The SMILES string of the molecule is O=C(O)CC1CCCN1Cc1conc1Cc1ccccc1. The van der Waals surface area contributed by atoms with Gasteiger partial charge in [0.15, 0.2) is 0 Å². The molecule has 1 atom stereocenters. The van der Waals surface area contributed by atoms with Crippen LogP contribution in [0.1, 0.15) is 36.1 Å². The lowest BCUT2D eigenvalue weighted by atomic mass is 10.1. The van der Waals surface area contributed by atoms with Crippen molar-refractivity contribution in [3.8, 4) is 0 Å². The monoisotopic (exact) mass is 300 g/mol. The number of carboxylic acid groups (broad SMARTS) is 1. The highest BCUT2D eigenvalue weighted by Crippen LogP contribution is 2.24. The Labute approximate surface area is 129 Å². The molecule has 0 amide bonds. The summed E-state index contributed by atoms with van der Waals surface area (Å²) in [6.07, 6.45) is 4.64. The molecular weight excluding hydrogens is 280 g/mol. The number of aliphatic carboxylic acids is 1. The molecule has 2 heterocycles. The Hall–Kier alpha value is -2.14. The quantitative estimate of drug-likeness (QED) is 0.888. The van der Waals surface area contributed by atoms with Gasteiger partial charge in [-0.25, -0.2) is 0 Å². The van der Waals surface area contributed by atoms with Gasteiger partial charge in [0.25, 0.3) is 0 Å². The lowest BCUT2D eigenvalue weighted by molar-refractivity contribution is -0.138. The van der Waals surface area contributed by atoms with Crippen molar-refractivity contribution >= 4 is 5.97 Å². The van der Waals surface area contributed by atoms with Gasteiger partial charge in [-0.1, -0.05) is 35.5 Å². The molecule has 116 valence electrons. The second kappa shape index (κ2) is 6.75. The molecule has 0 radical (unpaired) electrons. The molecule has 1 aromatic carbocycles. The van der Waals surface area contributed by atoms with Crippen LogP contribution in [0.4, 0.5) is 0 Å². The maximum absolute atomic E-state index is 11.0. The number of carbonyl (C=O) groups is 1. The van der Waals surface area contributed by atoms with Gasteiger partial charge >= 0.3 is 5.97 Å². The maximum atomic E-state index is 11.0. The predicted octanol–water partition coefficient (Wildman–Crippen LogP) is 2.70. The highest BCUT2D eigenvalue weighted by Gasteiger charge is 2.27. The molecule has 1 saturated heterocycles. The molecule has 1 aromatic heterocycles. The van der Waals surface area contributed by atoms with Crippen molar-refractivity contribution in [2.75, 3.05) is 6.54 Å². The Balaban J connectivity index is 1.68. The van der Waals surface area contributed by atoms with Gasteiger partial charge in [-0.05, 0) is 24.9 Å². The van der Waals surface area contributed by atoms with Crippen molar-refractivity contribution in [2.45, 2.75) is 38.3 Å². The van der Waals surface area contributed by atoms with Crippen LogP contribution in [0.5, 0.6) is 0 Å². The van der Waals surface area contributed by atoms with Gasteiger partial charge < -0.3 is 9.63 Å². The molecule has 0 aliphatic carbocycles. The van der Waals surface area contributed by atoms with Crippen LogP contribution in [0.25, 0.3) is 0 Å². The maximum Gasteiger partial charge on any atom is 0.304 e. The molecule has 1 unspecified atom stereocenters. The topological polar surface area (TPSA) is 66.6 Å². The van der Waals surface area contributed by atoms with E-state index in [1.807, 2.05) is 18.2 Å². The summed E-state index contributed by atoms with van der Waals surface area (Å²) in [6, 6.07) is 10.3. The van der Waals surface area contributed by atoms with Gasteiger partial charge in [-0.15, -0.1) is 0 Å². The summed E-state index contributed by atoms with van der Waals surface area (Å²) in [5, 5.41) is 13.1. The molecule has 3 rings (SSSR count). The third-order valence-electron chi connectivity index (χ3n) is 4.23. The van der Waals surface area contributed by atoms with E-state index >= 15 is 0 Å². The number of hydrogen-bond acceptors (Lipinski definition) is 4. The van der Waals surface area contributed by atoms with E-state index in [9.17, 15) is 4.79 Å². The van der Waals surface area contributed by atoms with Crippen LogP contribution in [0, 0.1) is 0 Å². The number of nitrogens with zero attached hydrogens (tertiary/aromatic N) is 2. The predicted molar refractivity (Wildman–Crippen MR) is 81.4 cm³/mol. The number of benzene rings is 1. The zero-order valence-corrected chi connectivity index (χ0v) is 12.4. The van der Waals surface area contributed by atoms with Gasteiger partial charge in [0.2, 0.25) is 0 Å². The van der Waals surface area contributed by atoms with E-state index in [4.69, 9.17) is 9.63 Å². The molecule has 1 aliphatic heterocycles. The Morgan fingerprint density at radius 3 is 2.95 bits per heavy atom. The van der Waals surface area contributed by atoms with E-state index in [-0.39, 0.29) is 12.5 Å². The highest BCUT2D eigenvalue weighted by atomic mass is 16.5. The largest absolute Gasteiger partial charge is 0.481 e. The third-order valence-corrected chi connectivity index (χ3v) is 4.23. The molecule has 1 aliphatic rings. The second-order valence-electron chi connectivity index (χ2n) is 5.81. The average Bonchev–Trinajstić information content (AvgIpc) is 3.11. The zero-order chi connectivity index (χ0) is 15.4. The molecule has 5 heteroatoms. The van der Waals surface area contributed by atoms with Gasteiger partial charge in [0.05, 0.1) is 12.1 Å². The van der Waals surface area contributed by atoms with Crippen molar-refractivity contribution in [1.29, 1.82) is 0 Å². The summed E-state index contributed by atoms with van der Waals surface area (Å²) in [7, 11) is 0. The minimum absolute atomic E-state index is 0.122. The first-order valence-corrected chi connectivity index (χ1v) is 7.64. The standard InChI is InChI=1S/C17H20N2O3/c20-17(21)10-15-7-4-8-19(15)11-14-12-22-18-16(14)9-13-5-2-1-3-6-13/h1-3,5-6,12,15H,4,7-11H2,(H,20,21). The summed E-state index contributed by atoms with van der Waals surface area (Å²) in [5.41, 5.74) is 3.19. The molecule has 2 aromatic rings. The molecule has 0 bridgehead atoms. The molecule has 1 fully saturated rings. The molecule has 5 nitrogen and oxygen atoms in total. The zero-order valence-electron chi connectivity index (χ0n) is 12.4. The second-order valence-corrected chi connectivity index (χ2v) is 5.81. The summed E-state index contributed by atoms with van der Waals surface area (Å²) in [6.45, 7) is 1.65. The first-order valence-electron chi connectivity index (χ1n) is 7.64. The van der Waals surface area contributed by atoms with Crippen LogP contribution in [-0.4, -0.2) is 33.7 Å². The number of rotatable bonds is 6. The van der Waals surface area contributed by atoms with Crippen LogP contribution >= 0.6 is 0 Å². The first kappa shape index (κ1) is 14.8. The first-order chi connectivity index (χ1) is 10.7. The molecule has 0 saturated carbocycles. The average molecular weight is 300 g/mol. The fourth-order valence-electron chi connectivity index (χ4n) is 3.10. The lowest BCUT2D eigenvalue weighted by Crippen LogP contribution is -2.31. The smallest absolute Gasteiger partial charge is 0.304 e. The lowest BCUT2D eigenvalue weighted by Gasteiger charge is -2.22. The van der Waals surface area contributed by atoms with Crippen molar-refractivity contribution in [3.63, 3.8) is 0 Å². The van der Waals surface area contributed by atoms with E-state index in [0.717, 1.165) is 37.1 Å². The Morgan fingerprint density at radius 2 is 2.18 bits per heavy atom. The van der Waals surface area contributed by atoms with Crippen LogP contribution in [0.15, 0.2) is 41.1 Å². The minimum atomic E-state index is -0.730. The molecule has 1 N–H and O–H groups in total. The van der Waals surface area contributed by atoms with Crippen molar-refractivity contribution < 1.29 is 14.4 Å². The van der Waals surface area contributed by atoms with Crippen LogP contribution in [0.3, 0.4) is 0 Å². The number of carboxylic acids is 1. The van der Waals surface area contributed by atoms with Crippen molar-refractivity contribution in [2.24, 2.45) is 0 Å². The number of aromatic nitrogens is 1. The van der Waals surface area contributed by atoms with Gasteiger partial charge in [0.1, 0.15) is 6.26 Å². The Morgan fingerprint density at radius 1 is 1.36 bits per heavy atom. The Kier molecular flexibility index (Phi) is 4.53. The van der Waals surface area contributed by atoms with Crippen LogP contribution in [-0.2, 0) is 17.8 Å². The van der Waals surface area contributed by atoms with Gasteiger partial charge in [-0.3, -0.25) is 9.69 Å². The van der Waals surface area contributed by atoms with E-state index in [1.54, 1.807) is 6.26 Å². The Bertz CT molecular complexity index is 624. The van der Waals surface area contributed by atoms with Crippen LogP contribution in [0.2, 0.25) is 0 Å². The normalized spacial score (nSPS) is 18.6. The fourth-order valence-corrected chi connectivity index (χ4v) is 3.10. The van der Waals surface area contributed by atoms with E-state index in [0.29, 0.717) is 6.54 Å². The molecular formula is C17H20N2O3. The van der Waals surface area contributed by atoms with E-state index < -0.39 is 5.97 Å².